The molecule has 0 radical (unpaired) electrons. The van der Waals surface area contributed by atoms with Gasteiger partial charge in [0.05, 0.1) is 6.10 Å². The maximum absolute atomic E-state index is 13.3. The molecule has 1 heterocycles. The number of methoxy groups -OCH3 is 1. The van der Waals surface area contributed by atoms with Crippen LogP contribution in [-0.2, 0) is 4.74 Å². The molecular weight excluding hydrogens is 217 g/mol. The molecule has 1 aliphatic rings. The van der Waals surface area contributed by atoms with E-state index in [0.29, 0.717) is 6.04 Å². The lowest BCUT2D eigenvalue weighted by molar-refractivity contribution is 0.103. The zero-order valence-corrected chi connectivity index (χ0v) is 10.7. The number of rotatable bonds is 3. The summed E-state index contributed by atoms with van der Waals surface area (Å²) in [6.07, 6.45) is 1.20. The summed E-state index contributed by atoms with van der Waals surface area (Å²) in [6.45, 7) is 5.27. The fourth-order valence-electron chi connectivity index (χ4n) is 2.60. The summed E-state index contributed by atoms with van der Waals surface area (Å²) in [5, 5.41) is 0. The Labute approximate surface area is 102 Å². The van der Waals surface area contributed by atoms with Crippen LogP contribution in [0, 0.1) is 5.82 Å². The Hall–Kier alpha value is -0.930. The zero-order chi connectivity index (χ0) is 12.4. The highest BCUT2D eigenvalue weighted by molar-refractivity contribution is 5.22. The highest BCUT2D eigenvalue weighted by Gasteiger charge is 2.34. The minimum atomic E-state index is -0.160. The van der Waals surface area contributed by atoms with E-state index in [9.17, 15) is 4.39 Å². The topological polar surface area (TPSA) is 12.5 Å². The minimum Gasteiger partial charge on any atom is -0.380 e. The van der Waals surface area contributed by atoms with E-state index >= 15 is 0 Å². The molecule has 1 aliphatic heterocycles. The molecule has 1 aromatic rings. The molecule has 0 saturated carbocycles. The molecule has 2 rings (SSSR count). The molecule has 1 saturated heterocycles. The van der Waals surface area contributed by atoms with E-state index in [1.807, 2.05) is 6.07 Å². The molecule has 2 nitrogen and oxygen atoms in total. The Kier molecular flexibility index (Phi) is 3.79. The third-order valence-corrected chi connectivity index (χ3v) is 3.53. The van der Waals surface area contributed by atoms with Crippen molar-refractivity contribution in [2.75, 3.05) is 13.7 Å². The Morgan fingerprint density at radius 2 is 2.18 bits per heavy atom. The zero-order valence-electron chi connectivity index (χ0n) is 10.7. The Morgan fingerprint density at radius 3 is 2.76 bits per heavy atom. The molecule has 0 aliphatic carbocycles. The summed E-state index contributed by atoms with van der Waals surface area (Å²) in [5.41, 5.74) is 1.05. The summed E-state index contributed by atoms with van der Waals surface area (Å²) >= 11 is 0. The van der Waals surface area contributed by atoms with Crippen LogP contribution in [0.25, 0.3) is 0 Å². The van der Waals surface area contributed by atoms with Crippen molar-refractivity contribution in [3.63, 3.8) is 0 Å². The van der Waals surface area contributed by atoms with Gasteiger partial charge in [0.25, 0.3) is 0 Å². The van der Waals surface area contributed by atoms with E-state index in [1.165, 1.54) is 6.07 Å². The van der Waals surface area contributed by atoms with Gasteiger partial charge in [-0.15, -0.1) is 0 Å². The lowest BCUT2D eigenvalue weighted by atomic mass is 10.0. The van der Waals surface area contributed by atoms with Crippen LogP contribution in [0.5, 0.6) is 0 Å². The molecule has 1 aromatic carbocycles. The Bertz CT molecular complexity index is 380. The first-order valence-electron chi connectivity index (χ1n) is 6.16. The first-order valence-corrected chi connectivity index (χ1v) is 6.16. The van der Waals surface area contributed by atoms with Crippen LogP contribution in [0.15, 0.2) is 24.3 Å². The fraction of sp³-hybridized carbons (Fsp3) is 0.571. The molecule has 94 valence electrons. The van der Waals surface area contributed by atoms with E-state index in [4.69, 9.17) is 4.74 Å². The number of benzene rings is 1. The van der Waals surface area contributed by atoms with Gasteiger partial charge >= 0.3 is 0 Å². The predicted molar refractivity (Wildman–Crippen MR) is 66.4 cm³/mol. The molecule has 0 spiro atoms. The fourth-order valence-corrected chi connectivity index (χ4v) is 2.60. The average Bonchev–Trinajstić information content (AvgIpc) is 2.73. The summed E-state index contributed by atoms with van der Waals surface area (Å²) < 4.78 is 18.7. The minimum absolute atomic E-state index is 0.160. The van der Waals surface area contributed by atoms with Crippen molar-refractivity contribution in [1.82, 2.24) is 4.90 Å². The molecule has 2 unspecified atom stereocenters. The van der Waals surface area contributed by atoms with E-state index < -0.39 is 0 Å². The van der Waals surface area contributed by atoms with Gasteiger partial charge in [0.1, 0.15) is 5.82 Å². The maximum Gasteiger partial charge on any atom is 0.123 e. The van der Waals surface area contributed by atoms with Crippen molar-refractivity contribution in [3.8, 4) is 0 Å². The standard InChI is InChI=1S/C14H20FNO/c1-10(2)16-9-13(17-3)8-14(16)11-5-4-6-12(15)7-11/h4-7,10,13-14H,8-9H2,1-3H3. The monoisotopic (exact) mass is 237 g/mol. The highest BCUT2D eigenvalue weighted by atomic mass is 19.1. The largest absolute Gasteiger partial charge is 0.380 e. The number of nitrogens with zero attached hydrogens (tertiary/aromatic N) is 1. The van der Waals surface area contributed by atoms with Crippen molar-refractivity contribution in [1.29, 1.82) is 0 Å². The molecular formula is C14H20FNO. The van der Waals surface area contributed by atoms with Crippen LogP contribution in [0.1, 0.15) is 31.9 Å². The quantitative estimate of drug-likeness (QED) is 0.801. The van der Waals surface area contributed by atoms with E-state index in [-0.39, 0.29) is 18.0 Å². The van der Waals surface area contributed by atoms with Gasteiger partial charge in [-0.3, -0.25) is 4.90 Å². The van der Waals surface area contributed by atoms with Gasteiger partial charge in [-0.2, -0.15) is 0 Å². The SMILES string of the molecule is COC1CC(c2cccc(F)c2)N(C(C)C)C1. The predicted octanol–water partition coefficient (Wildman–Crippen LogP) is 3.00. The molecule has 1 fully saturated rings. The van der Waals surface area contributed by atoms with Crippen molar-refractivity contribution >= 4 is 0 Å². The second-order valence-corrected chi connectivity index (χ2v) is 4.95. The molecule has 2 atom stereocenters. The number of hydrogen-bond acceptors (Lipinski definition) is 2. The second kappa shape index (κ2) is 5.15. The van der Waals surface area contributed by atoms with Gasteiger partial charge in [-0.1, -0.05) is 12.1 Å². The lowest BCUT2D eigenvalue weighted by Gasteiger charge is -2.28. The first kappa shape index (κ1) is 12.5. The molecule has 17 heavy (non-hydrogen) atoms. The third-order valence-electron chi connectivity index (χ3n) is 3.53. The number of likely N-dealkylation sites (tertiary alicyclic amines) is 1. The van der Waals surface area contributed by atoms with Crippen LogP contribution >= 0.6 is 0 Å². The van der Waals surface area contributed by atoms with Gasteiger partial charge in [0, 0.05) is 25.7 Å². The Balaban J connectivity index is 2.23. The van der Waals surface area contributed by atoms with Gasteiger partial charge in [0.2, 0.25) is 0 Å². The van der Waals surface area contributed by atoms with Crippen molar-refractivity contribution in [3.05, 3.63) is 35.6 Å². The van der Waals surface area contributed by atoms with Crippen molar-refractivity contribution < 1.29 is 9.13 Å². The van der Waals surface area contributed by atoms with E-state index in [2.05, 4.69) is 18.7 Å². The summed E-state index contributed by atoms with van der Waals surface area (Å²) in [6, 6.07) is 7.63. The Morgan fingerprint density at radius 1 is 1.41 bits per heavy atom. The normalized spacial score (nSPS) is 25.7. The molecule has 0 aromatic heterocycles. The van der Waals surface area contributed by atoms with Crippen LogP contribution in [0.4, 0.5) is 4.39 Å². The van der Waals surface area contributed by atoms with Gasteiger partial charge in [-0.25, -0.2) is 4.39 Å². The van der Waals surface area contributed by atoms with E-state index in [1.54, 1.807) is 19.2 Å². The van der Waals surface area contributed by atoms with E-state index in [0.717, 1.165) is 18.5 Å². The van der Waals surface area contributed by atoms with Gasteiger partial charge < -0.3 is 4.74 Å². The average molecular weight is 237 g/mol. The van der Waals surface area contributed by atoms with Crippen molar-refractivity contribution in [2.24, 2.45) is 0 Å². The number of ether oxygens (including phenoxy) is 1. The smallest absolute Gasteiger partial charge is 0.123 e. The highest BCUT2D eigenvalue weighted by Crippen LogP contribution is 2.34. The summed E-state index contributed by atoms with van der Waals surface area (Å²) in [4.78, 5) is 2.38. The molecule has 0 bridgehead atoms. The first-order chi connectivity index (χ1) is 8.11. The maximum atomic E-state index is 13.3. The van der Waals surface area contributed by atoms with Gasteiger partial charge in [-0.05, 0) is 38.0 Å². The van der Waals surface area contributed by atoms with Crippen LogP contribution in [0.2, 0.25) is 0 Å². The summed E-state index contributed by atoms with van der Waals surface area (Å²) in [7, 11) is 1.75. The molecule has 0 amide bonds. The van der Waals surface area contributed by atoms with Crippen LogP contribution < -0.4 is 0 Å². The van der Waals surface area contributed by atoms with Gasteiger partial charge in [0.15, 0.2) is 0 Å². The molecule has 3 heteroatoms. The number of halogens is 1. The third kappa shape index (κ3) is 2.67. The molecule has 0 N–H and O–H groups in total. The van der Waals surface area contributed by atoms with Crippen LogP contribution in [-0.4, -0.2) is 30.7 Å². The van der Waals surface area contributed by atoms with Crippen molar-refractivity contribution in [2.45, 2.75) is 38.5 Å². The number of hydrogen-bond donors (Lipinski definition) is 0. The lowest BCUT2D eigenvalue weighted by Crippen LogP contribution is -2.31. The summed E-state index contributed by atoms with van der Waals surface area (Å²) in [5.74, 6) is -0.160. The van der Waals surface area contributed by atoms with Crippen LogP contribution in [0.3, 0.4) is 0 Å². The second-order valence-electron chi connectivity index (χ2n) is 4.95.